The Bertz CT molecular complexity index is 2770. The number of hydrogen-bond donors (Lipinski definition) is 0. The standard InChI is InChI=1S/C43H29F6N3/c1-23-15-16-30-31-12-6-9-24(2)39(31)51(36(30)17-23)37-21-34(27-18-28(42(44,45)46)20-29(19-27)50-5)35(43(47,48)49)22-38(37)52-40-25(3)10-7-13-32(40)33-14-8-11-26(4)41(33)52/h6-22H,1-4H3. The molecule has 0 saturated heterocycles. The van der Waals surface area contributed by atoms with Gasteiger partial charge in [-0.25, -0.2) is 4.85 Å². The first-order chi connectivity index (χ1) is 24.7. The molecule has 0 aliphatic carbocycles. The molecule has 258 valence electrons. The topological polar surface area (TPSA) is 14.2 Å². The Kier molecular flexibility index (Phi) is 7.33. The summed E-state index contributed by atoms with van der Waals surface area (Å²) >= 11 is 0. The molecular formula is C43H29F6N3. The Morgan fingerprint density at radius 3 is 1.62 bits per heavy atom. The molecule has 0 aliphatic rings. The summed E-state index contributed by atoms with van der Waals surface area (Å²) < 4.78 is 92.6. The highest BCUT2D eigenvalue weighted by molar-refractivity contribution is 6.13. The summed E-state index contributed by atoms with van der Waals surface area (Å²) in [6, 6.07) is 28.1. The summed E-state index contributed by atoms with van der Waals surface area (Å²) in [5.41, 5.74) is 3.39. The predicted octanol–water partition coefficient (Wildman–Crippen LogP) is 13.4. The fourth-order valence-electron chi connectivity index (χ4n) is 7.70. The second-order valence-electron chi connectivity index (χ2n) is 13.4. The van der Waals surface area contributed by atoms with E-state index >= 15 is 13.2 Å². The molecule has 0 amide bonds. The van der Waals surface area contributed by atoms with Gasteiger partial charge in [-0.15, -0.1) is 0 Å². The molecule has 6 aromatic carbocycles. The molecule has 8 aromatic rings. The molecule has 0 radical (unpaired) electrons. The minimum absolute atomic E-state index is 0.209. The minimum atomic E-state index is -4.98. The van der Waals surface area contributed by atoms with Gasteiger partial charge in [-0.05, 0) is 97.5 Å². The van der Waals surface area contributed by atoms with Gasteiger partial charge in [-0.1, -0.05) is 66.7 Å². The number of aromatic nitrogens is 2. The zero-order valence-electron chi connectivity index (χ0n) is 28.4. The molecule has 52 heavy (non-hydrogen) atoms. The van der Waals surface area contributed by atoms with Crippen LogP contribution in [0.3, 0.4) is 0 Å². The van der Waals surface area contributed by atoms with Crippen molar-refractivity contribution in [1.29, 1.82) is 0 Å². The van der Waals surface area contributed by atoms with Gasteiger partial charge in [0.1, 0.15) is 0 Å². The number of alkyl halides is 6. The lowest BCUT2D eigenvalue weighted by molar-refractivity contribution is -0.137. The summed E-state index contributed by atoms with van der Waals surface area (Å²) in [6.07, 6.45) is -9.87. The van der Waals surface area contributed by atoms with Crippen molar-refractivity contribution in [2.75, 3.05) is 0 Å². The van der Waals surface area contributed by atoms with Crippen LogP contribution in [0.4, 0.5) is 32.0 Å². The number of fused-ring (bicyclic) bond motifs is 6. The van der Waals surface area contributed by atoms with Crippen LogP contribution < -0.4 is 0 Å². The molecule has 0 bridgehead atoms. The molecule has 0 saturated carbocycles. The number of hydrogen-bond acceptors (Lipinski definition) is 0. The van der Waals surface area contributed by atoms with Crippen LogP contribution in [0.25, 0.3) is 71.0 Å². The molecule has 0 spiro atoms. The fourth-order valence-corrected chi connectivity index (χ4v) is 7.70. The predicted molar refractivity (Wildman–Crippen MR) is 196 cm³/mol. The second kappa shape index (κ2) is 11.5. The van der Waals surface area contributed by atoms with Crippen LogP contribution in [-0.4, -0.2) is 9.13 Å². The number of aryl methyl sites for hydroxylation is 4. The van der Waals surface area contributed by atoms with Gasteiger partial charge in [0.05, 0.1) is 45.6 Å². The molecular weight excluding hydrogens is 672 g/mol. The van der Waals surface area contributed by atoms with Crippen LogP contribution in [0.15, 0.2) is 103 Å². The number of rotatable bonds is 3. The van der Waals surface area contributed by atoms with Crippen LogP contribution in [0, 0.1) is 34.3 Å². The Morgan fingerprint density at radius 1 is 0.538 bits per heavy atom. The van der Waals surface area contributed by atoms with Crippen molar-refractivity contribution < 1.29 is 26.3 Å². The van der Waals surface area contributed by atoms with Crippen LogP contribution >= 0.6 is 0 Å². The van der Waals surface area contributed by atoms with Crippen LogP contribution in [0.5, 0.6) is 0 Å². The summed E-state index contributed by atoms with van der Waals surface area (Å²) in [4.78, 5) is 3.20. The van der Waals surface area contributed by atoms with E-state index in [0.29, 0.717) is 17.8 Å². The highest BCUT2D eigenvalue weighted by Crippen LogP contribution is 2.47. The molecule has 2 aromatic heterocycles. The van der Waals surface area contributed by atoms with Gasteiger partial charge < -0.3 is 9.13 Å². The quantitative estimate of drug-likeness (QED) is 0.129. The third kappa shape index (κ3) is 5.04. The third-order valence-corrected chi connectivity index (χ3v) is 9.95. The first kappa shape index (κ1) is 33.2. The van der Waals surface area contributed by atoms with Gasteiger partial charge in [0.15, 0.2) is 5.69 Å². The largest absolute Gasteiger partial charge is 0.417 e. The van der Waals surface area contributed by atoms with Crippen molar-refractivity contribution in [3.8, 4) is 22.5 Å². The molecule has 8 rings (SSSR count). The summed E-state index contributed by atoms with van der Waals surface area (Å²) in [7, 11) is 0. The van der Waals surface area contributed by atoms with Crippen molar-refractivity contribution in [2.24, 2.45) is 0 Å². The molecule has 0 fully saturated rings. The highest BCUT2D eigenvalue weighted by atomic mass is 19.4. The summed E-state index contributed by atoms with van der Waals surface area (Å²) in [5.74, 6) is 0. The molecule has 3 nitrogen and oxygen atoms in total. The molecule has 9 heteroatoms. The van der Waals surface area contributed by atoms with E-state index in [2.05, 4.69) is 4.85 Å². The molecule has 0 aliphatic heterocycles. The average Bonchev–Trinajstić information content (AvgIpc) is 3.61. The normalized spacial score (nSPS) is 12.4. The Morgan fingerprint density at radius 2 is 1.08 bits per heavy atom. The maximum Gasteiger partial charge on any atom is 0.417 e. The lowest BCUT2D eigenvalue weighted by Crippen LogP contribution is -2.13. The lowest BCUT2D eigenvalue weighted by Gasteiger charge is -2.23. The van der Waals surface area contributed by atoms with Gasteiger partial charge in [-0.3, -0.25) is 0 Å². The van der Waals surface area contributed by atoms with Crippen molar-refractivity contribution in [3.05, 3.63) is 148 Å². The summed E-state index contributed by atoms with van der Waals surface area (Å²) in [5, 5.41) is 3.47. The molecule has 0 unspecified atom stereocenters. The van der Waals surface area contributed by atoms with E-state index in [1.54, 1.807) is 0 Å². The summed E-state index contributed by atoms with van der Waals surface area (Å²) in [6.45, 7) is 15.2. The molecule has 0 N–H and O–H groups in total. The highest BCUT2D eigenvalue weighted by Gasteiger charge is 2.37. The van der Waals surface area contributed by atoms with E-state index in [1.165, 1.54) is 6.07 Å². The van der Waals surface area contributed by atoms with Crippen LogP contribution in [0.2, 0.25) is 0 Å². The third-order valence-electron chi connectivity index (χ3n) is 9.95. The van der Waals surface area contributed by atoms with Crippen molar-refractivity contribution in [1.82, 2.24) is 9.13 Å². The smallest absolute Gasteiger partial charge is 0.307 e. The van der Waals surface area contributed by atoms with E-state index in [9.17, 15) is 13.2 Å². The van der Waals surface area contributed by atoms with E-state index in [-0.39, 0.29) is 11.3 Å². The maximum absolute atomic E-state index is 15.5. The van der Waals surface area contributed by atoms with Crippen LogP contribution in [0.1, 0.15) is 33.4 Å². The molecule has 2 heterocycles. The minimum Gasteiger partial charge on any atom is -0.307 e. The zero-order valence-corrected chi connectivity index (χ0v) is 28.4. The number of halogens is 6. The van der Waals surface area contributed by atoms with Gasteiger partial charge >= 0.3 is 12.4 Å². The first-order valence-electron chi connectivity index (χ1n) is 16.5. The SMILES string of the molecule is [C-]#[N+]c1cc(-c2cc(-n3c4cc(C)ccc4c4cccc(C)c43)c(-n3c4c(C)cccc4c4cccc(C)c43)cc2C(F)(F)F)cc(C(F)(F)F)c1. The van der Waals surface area contributed by atoms with Crippen molar-refractivity contribution in [3.63, 3.8) is 0 Å². The van der Waals surface area contributed by atoms with Crippen LogP contribution in [-0.2, 0) is 12.4 Å². The lowest BCUT2D eigenvalue weighted by atomic mass is 9.94. The Hall–Kier alpha value is -6.01. The fraction of sp³-hybridized carbons (Fsp3) is 0.140. The number of para-hydroxylation sites is 3. The first-order valence-corrected chi connectivity index (χ1v) is 16.5. The van der Waals surface area contributed by atoms with Crippen molar-refractivity contribution >= 4 is 49.3 Å². The van der Waals surface area contributed by atoms with E-state index in [0.717, 1.165) is 78.0 Å². The monoisotopic (exact) mass is 701 g/mol. The zero-order chi connectivity index (χ0) is 36.9. The van der Waals surface area contributed by atoms with Gasteiger partial charge in [0.25, 0.3) is 0 Å². The van der Waals surface area contributed by atoms with Gasteiger partial charge in [0.2, 0.25) is 0 Å². The van der Waals surface area contributed by atoms with Crippen molar-refractivity contribution in [2.45, 2.75) is 40.0 Å². The van der Waals surface area contributed by atoms with E-state index in [4.69, 9.17) is 6.57 Å². The number of benzene rings is 6. The van der Waals surface area contributed by atoms with E-state index in [1.807, 2.05) is 110 Å². The van der Waals surface area contributed by atoms with Gasteiger partial charge in [0, 0.05) is 27.1 Å². The number of nitrogens with zero attached hydrogens (tertiary/aromatic N) is 3. The van der Waals surface area contributed by atoms with E-state index < -0.39 is 34.7 Å². The maximum atomic E-state index is 15.5. The average molecular weight is 702 g/mol. The second-order valence-corrected chi connectivity index (χ2v) is 13.4. The van der Waals surface area contributed by atoms with Gasteiger partial charge in [-0.2, -0.15) is 26.3 Å². The Balaban J connectivity index is 1.65. The Labute approximate surface area is 294 Å². The molecule has 0 atom stereocenters.